The van der Waals surface area contributed by atoms with Gasteiger partial charge in [-0.2, -0.15) is 26.3 Å². The van der Waals surface area contributed by atoms with Crippen molar-refractivity contribution >= 4 is 58.1 Å². The Bertz CT molecular complexity index is 2720. The lowest BCUT2D eigenvalue weighted by molar-refractivity contribution is -0.385. The minimum atomic E-state index is -5.20. The van der Waals surface area contributed by atoms with Crippen LogP contribution in [0.4, 0.5) is 49.1 Å². The number of imide groups is 2. The van der Waals surface area contributed by atoms with E-state index in [1.807, 2.05) is 0 Å². The van der Waals surface area contributed by atoms with E-state index in [-0.39, 0.29) is 45.4 Å². The number of carbonyl (C=O) groups is 4. The average molecular weight is 855 g/mol. The summed E-state index contributed by atoms with van der Waals surface area (Å²) in [6.07, 6.45) is -10.4. The van der Waals surface area contributed by atoms with E-state index in [0.29, 0.717) is 44.2 Å². The van der Waals surface area contributed by atoms with Gasteiger partial charge in [0.05, 0.1) is 54.6 Å². The van der Waals surface area contributed by atoms with Gasteiger partial charge in [-0.15, -0.1) is 0 Å². The molecule has 19 heteroatoms. The van der Waals surface area contributed by atoms with Crippen molar-refractivity contribution in [3.63, 3.8) is 0 Å². The number of nitro benzene ring substituents is 2. The summed E-state index contributed by atoms with van der Waals surface area (Å²) >= 11 is 0.0785. The van der Waals surface area contributed by atoms with Crippen LogP contribution in [0, 0.1) is 20.2 Å². The van der Waals surface area contributed by atoms with E-state index in [4.69, 9.17) is 0 Å². The number of benzene rings is 6. The van der Waals surface area contributed by atoms with E-state index < -0.39 is 78.1 Å². The minimum absolute atomic E-state index is 0.0785. The first-order valence-corrected chi connectivity index (χ1v) is 18.3. The molecule has 304 valence electrons. The molecule has 8 rings (SSSR count). The lowest BCUT2D eigenvalue weighted by Gasteiger charge is -2.21. The van der Waals surface area contributed by atoms with Crippen molar-refractivity contribution in [2.24, 2.45) is 0 Å². The van der Waals surface area contributed by atoms with Gasteiger partial charge in [-0.3, -0.25) is 39.4 Å². The van der Waals surface area contributed by atoms with Gasteiger partial charge in [-0.1, -0.05) is 23.9 Å². The number of halogens is 6. The molecule has 0 aromatic heterocycles. The van der Waals surface area contributed by atoms with Gasteiger partial charge in [0.1, 0.15) is 0 Å². The number of rotatable bonds is 8. The van der Waals surface area contributed by atoms with E-state index in [1.54, 1.807) is 0 Å². The van der Waals surface area contributed by atoms with Gasteiger partial charge < -0.3 is 0 Å². The fourth-order valence-corrected chi connectivity index (χ4v) is 7.99. The van der Waals surface area contributed by atoms with Gasteiger partial charge in [0.25, 0.3) is 35.0 Å². The summed E-state index contributed by atoms with van der Waals surface area (Å²) in [6.45, 7) is 0. The van der Waals surface area contributed by atoms with Crippen LogP contribution in [0.15, 0.2) is 131 Å². The molecular weight excluding hydrogens is 835 g/mol. The molecule has 4 amide bonds. The second-order valence-electron chi connectivity index (χ2n) is 13.5. The molecule has 2 heterocycles. The van der Waals surface area contributed by atoms with Crippen molar-refractivity contribution in [1.29, 1.82) is 0 Å². The maximum atomic E-state index is 14.6. The quantitative estimate of drug-likeness (QED) is 0.0628. The lowest BCUT2D eigenvalue weighted by atomic mass is 10.00. The second kappa shape index (κ2) is 14.6. The number of nitro groups is 2. The molecule has 0 saturated carbocycles. The molecule has 2 aliphatic heterocycles. The van der Waals surface area contributed by atoms with Crippen molar-refractivity contribution in [3.8, 4) is 22.3 Å². The standard InChI is InChI=1S/C42H20F6N4O8S/c43-41(44,45)33-19-27(49-37(53)29-13-5-23(17-31(29)39(49)55)21-1-7-25(8-2-21)51(57)58)11-15-35(33)61-36-16-12-28(20-34(36)42(46,47)48)50-38(54)30-14-6-24(18-32(30)40(50)56)22-3-9-26(10-4-22)52(59)60/h1-20H. The van der Waals surface area contributed by atoms with Crippen LogP contribution in [0.3, 0.4) is 0 Å². The van der Waals surface area contributed by atoms with Gasteiger partial charge in [-0.05, 0) is 107 Å². The van der Waals surface area contributed by atoms with E-state index in [1.165, 1.54) is 84.9 Å². The van der Waals surface area contributed by atoms with Gasteiger partial charge in [-0.25, -0.2) is 9.80 Å². The van der Waals surface area contributed by atoms with Crippen LogP contribution < -0.4 is 9.80 Å². The zero-order chi connectivity index (χ0) is 43.7. The molecule has 6 aromatic carbocycles. The molecule has 0 fully saturated rings. The summed E-state index contributed by atoms with van der Waals surface area (Å²) in [5, 5.41) is 22.1. The summed E-state index contributed by atoms with van der Waals surface area (Å²) in [5.41, 5.74) is -3.34. The number of carbonyl (C=O) groups excluding carboxylic acids is 4. The maximum absolute atomic E-state index is 14.6. The van der Waals surface area contributed by atoms with Crippen LogP contribution in [0.25, 0.3) is 22.3 Å². The fraction of sp³-hybridized carbons (Fsp3) is 0.0476. The third-order valence-electron chi connectivity index (χ3n) is 9.87. The summed E-state index contributed by atoms with van der Waals surface area (Å²) in [4.78, 5) is 74.2. The number of amides is 4. The van der Waals surface area contributed by atoms with E-state index in [2.05, 4.69) is 0 Å². The molecule has 0 N–H and O–H groups in total. The molecular formula is C42H20F6N4O8S. The predicted molar refractivity (Wildman–Crippen MR) is 206 cm³/mol. The van der Waals surface area contributed by atoms with Gasteiger partial charge in [0.15, 0.2) is 0 Å². The van der Waals surface area contributed by atoms with Gasteiger partial charge in [0, 0.05) is 34.1 Å². The highest BCUT2D eigenvalue weighted by Gasteiger charge is 2.42. The molecule has 0 radical (unpaired) electrons. The summed E-state index contributed by atoms with van der Waals surface area (Å²) in [6, 6.07) is 23.2. The Morgan fingerprint density at radius 3 is 1.08 bits per heavy atom. The molecule has 61 heavy (non-hydrogen) atoms. The van der Waals surface area contributed by atoms with E-state index >= 15 is 0 Å². The van der Waals surface area contributed by atoms with Crippen molar-refractivity contribution in [1.82, 2.24) is 0 Å². The monoisotopic (exact) mass is 854 g/mol. The maximum Gasteiger partial charge on any atom is 0.417 e. The first-order chi connectivity index (χ1) is 28.8. The average Bonchev–Trinajstić information content (AvgIpc) is 3.63. The molecule has 12 nitrogen and oxygen atoms in total. The Morgan fingerprint density at radius 2 is 0.754 bits per heavy atom. The SMILES string of the molecule is O=C1c2ccc(-c3ccc([N+](=O)[O-])cc3)cc2C(=O)N1c1ccc(Sc2ccc(N3C(=O)c4ccc(-c5ccc([N+](=O)[O-])cc5)cc4C3=O)cc2C(F)(F)F)c(C(F)(F)F)c1. The highest BCUT2D eigenvalue weighted by molar-refractivity contribution is 7.99. The fourth-order valence-electron chi connectivity index (χ4n) is 6.91. The Balaban J connectivity index is 1.08. The summed E-state index contributed by atoms with van der Waals surface area (Å²) < 4.78 is 87.7. The zero-order valence-electron chi connectivity index (χ0n) is 30.3. The second-order valence-corrected chi connectivity index (χ2v) is 14.6. The van der Waals surface area contributed by atoms with Crippen molar-refractivity contribution in [2.75, 3.05) is 9.80 Å². The number of anilines is 2. The molecule has 0 saturated heterocycles. The van der Waals surface area contributed by atoms with Crippen LogP contribution in [0.1, 0.15) is 52.6 Å². The summed E-state index contributed by atoms with van der Waals surface area (Å²) in [5.74, 6) is -3.89. The molecule has 0 bridgehead atoms. The number of hydrogen-bond donors (Lipinski definition) is 0. The van der Waals surface area contributed by atoms with Crippen molar-refractivity contribution in [3.05, 3.63) is 175 Å². The largest absolute Gasteiger partial charge is 0.417 e. The third-order valence-corrected chi connectivity index (χ3v) is 11.0. The van der Waals surface area contributed by atoms with E-state index in [0.717, 1.165) is 24.3 Å². The number of non-ortho nitro benzene ring substituents is 2. The number of fused-ring (bicyclic) bond motifs is 2. The number of hydrogen-bond acceptors (Lipinski definition) is 9. The highest BCUT2D eigenvalue weighted by atomic mass is 32.2. The molecule has 0 aliphatic carbocycles. The number of alkyl halides is 6. The smallest absolute Gasteiger partial charge is 0.268 e. The number of nitrogens with zero attached hydrogens (tertiary/aromatic N) is 4. The Morgan fingerprint density at radius 1 is 0.426 bits per heavy atom. The van der Waals surface area contributed by atoms with Crippen molar-refractivity contribution < 1.29 is 55.4 Å². The zero-order valence-corrected chi connectivity index (χ0v) is 31.1. The first kappa shape index (κ1) is 40.1. The molecule has 2 aliphatic rings. The van der Waals surface area contributed by atoms with Crippen molar-refractivity contribution in [2.45, 2.75) is 22.1 Å². The highest BCUT2D eigenvalue weighted by Crippen LogP contribution is 2.47. The first-order valence-electron chi connectivity index (χ1n) is 17.5. The van der Waals surface area contributed by atoms with Crippen LogP contribution in [-0.2, 0) is 12.4 Å². The lowest BCUT2D eigenvalue weighted by Crippen LogP contribution is -2.29. The molecule has 0 spiro atoms. The van der Waals surface area contributed by atoms with Gasteiger partial charge in [0.2, 0.25) is 0 Å². The molecule has 0 unspecified atom stereocenters. The normalized spacial score (nSPS) is 13.8. The van der Waals surface area contributed by atoms with Crippen LogP contribution >= 0.6 is 11.8 Å². The topological polar surface area (TPSA) is 161 Å². The summed E-state index contributed by atoms with van der Waals surface area (Å²) in [7, 11) is 0. The molecule has 0 atom stereocenters. The predicted octanol–water partition coefficient (Wildman–Crippen LogP) is 10.6. The minimum Gasteiger partial charge on any atom is -0.268 e. The Kier molecular flexibility index (Phi) is 9.57. The van der Waals surface area contributed by atoms with Gasteiger partial charge >= 0.3 is 12.4 Å². The Labute approximate surface area is 341 Å². The molecule has 6 aromatic rings. The van der Waals surface area contributed by atoms with Crippen LogP contribution in [0.5, 0.6) is 0 Å². The van der Waals surface area contributed by atoms with E-state index in [9.17, 15) is 65.7 Å². The van der Waals surface area contributed by atoms with Crippen LogP contribution in [-0.4, -0.2) is 33.5 Å². The van der Waals surface area contributed by atoms with Crippen LogP contribution in [0.2, 0.25) is 0 Å². The Hall–Kier alpha value is -7.67. The third kappa shape index (κ3) is 7.13.